The minimum absolute atomic E-state index is 0.0375. The summed E-state index contributed by atoms with van der Waals surface area (Å²) in [6.45, 7) is 7.39. The van der Waals surface area contributed by atoms with Gasteiger partial charge in [0.25, 0.3) is 0 Å². The molecule has 6 atom stereocenters. The number of epoxide rings is 4. The molecule has 0 aromatic carbocycles. The molecule has 6 unspecified atom stereocenters. The van der Waals surface area contributed by atoms with Crippen molar-refractivity contribution in [3.8, 4) is 0 Å². The largest absolute Gasteiger partial charge is 0.379 e. The number of ether oxygens (including phenoxy) is 8. The lowest BCUT2D eigenvalue weighted by molar-refractivity contribution is -0.0894. The molecule has 4 aliphatic heterocycles. The fraction of sp³-hybridized carbons (Fsp3) is 1.00. The first kappa shape index (κ1) is 20.9. The summed E-state index contributed by atoms with van der Waals surface area (Å²) < 4.78 is 44.7. The van der Waals surface area contributed by atoms with Crippen LogP contribution < -0.4 is 0 Å². The second-order valence-corrected chi connectivity index (χ2v) is 8.00. The van der Waals surface area contributed by atoms with Crippen molar-refractivity contribution in [2.24, 2.45) is 0 Å². The molecule has 4 rings (SSSR count). The predicted molar refractivity (Wildman–Crippen MR) is 98.5 cm³/mol. The van der Waals surface area contributed by atoms with Gasteiger partial charge in [-0.3, -0.25) is 0 Å². The lowest BCUT2D eigenvalue weighted by Gasteiger charge is -2.27. The average Bonchev–Trinajstić information content (AvgIpc) is 3.56. The highest BCUT2D eigenvalue weighted by molar-refractivity contribution is 4.77. The Morgan fingerprint density at radius 2 is 0.929 bits per heavy atom. The van der Waals surface area contributed by atoms with E-state index in [0.29, 0.717) is 38.6 Å². The van der Waals surface area contributed by atoms with E-state index in [2.05, 4.69) is 0 Å². The van der Waals surface area contributed by atoms with Crippen molar-refractivity contribution in [3.63, 3.8) is 0 Å². The van der Waals surface area contributed by atoms with Crippen LogP contribution >= 0.6 is 0 Å². The third-order valence-corrected chi connectivity index (χ3v) is 5.18. The van der Waals surface area contributed by atoms with Gasteiger partial charge >= 0.3 is 0 Å². The Morgan fingerprint density at radius 3 is 1.29 bits per heavy atom. The number of hydrogen-bond acceptors (Lipinski definition) is 8. The quantitative estimate of drug-likeness (QED) is 0.233. The van der Waals surface area contributed by atoms with E-state index < -0.39 is 0 Å². The van der Waals surface area contributed by atoms with E-state index in [9.17, 15) is 0 Å². The fourth-order valence-corrected chi connectivity index (χ4v) is 3.07. The summed E-state index contributed by atoms with van der Waals surface area (Å²) in [5, 5.41) is 0. The Balaban J connectivity index is 1.17. The second-order valence-electron chi connectivity index (χ2n) is 8.00. The molecule has 0 aliphatic carbocycles. The second kappa shape index (κ2) is 11.2. The zero-order chi connectivity index (χ0) is 19.0. The van der Waals surface area contributed by atoms with Crippen molar-refractivity contribution in [3.05, 3.63) is 0 Å². The number of rotatable bonds is 19. The highest BCUT2D eigenvalue weighted by Gasteiger charge is 2.31. The van der Waals surface area contributed by atoms with Gasteiger partial charge in [0.1, 0.15) is 24.4 Å². The van der Waals surface area contributed by atoms with E-state index in [1.165, 1.54) is 0 Å². The molecule has 4 aliphatic rings. The van der Waals surface area contributed by atoms with E-state index in [1.54, 1.807) is 0 Å². The van der Waals surface area contributed by atoms with Gasteiger partial charge in [-0.25, -0.2) is 0 Å². The highest BCUT2D eigenvalue weighted by Crippen LogP contribution is 2.21. The zero-order valence-electron chi connectivity index (χ0n) is 16.6. The lowest BCUT2D eigenvalue weighted by Crippen LogP contribution is -2.34. The summed E-state index contributed by atoms with van der Waals surface area (Å²) in [6, 6.07) is 0. The standard InChI is InChI=1S/C20H34O8/c1(5-21-7-15-9-23-15)3-19(27-13-17-11-25-17)20(28-14-18-12-26-18)4-2-6-22-8-16-10-24-16/h15-20H,1-14H2. The molecule has 28 heavy (non-hydrogen) atoms. The van der Waals surface area contributed by atoms with E-state index >= 15 is 0 Å². The van der Waals surface area contributed by atoms with Gasteiger partial charge < -0.3 is 37.9 Å². The molecule has 4 saturated heterocycles. The maximum absolute atomic E-state index is 6.19. The zero-order valence-corrected chi connectivity index (χ0v) is 16.6. The van der Waals surface area contributed by atoms with Gasteiger partial charge in [-0.1, -0.05) is 0 Å². The van der Waals surface area contributed by atoms with Crippen molar-refractivity contribution in [2.45, 2.75) is 62.3 Å². The highest BCUT2D eigenvalue weighted by atomic mass is 16.6. The summed E-state index contributed by atoms with van der Waals surface area (Å²) >= 11 is 0. The summed E-state index contributed by atoms with van der Waals surface area (Å²) in [5.41, 5.74) is 0. The molecule has 0 N–H and O–H groups in total. The Labute approximate surface area is 167 Å². The SMILES string of the molecule is C(COCC1CO1)CC(OCC1CO1)C(CCCOCC1CO1)OCC1CO1. The fourth-order valence-electron chi connectivity index (χ4n) is 3.07. The Hall–Kier alpha value is -0.320. The van der Waals surface area contributed by atoms with Crippen LogP contribution in [0.1, 0.15) is 25.7 Å². The van der Waals surface area contributed by atoms with E-state index in [0.717, 1.165) is 65.3 Å². The summed E-state index contributed by atoms with van der Waals surface area (Å²) in [4.78, 5) is 0. The van der Waals surface area contributed by atoms with Gasteiger partial charge in [-0.15, -0.1) is 0 Å². The van der Waals surface area contributed by atoms with Crippen molar-refractivity contribution in [2.75, 3.05) is 66.1 Å². The summed E-state index contributed by atoms with van der Waals surface area (Å²) in [5.74, 6) is 0. The molecule has 4 heterocycles. The van der Waals surface area contributed by atoms with E-state index in [1.807, 2.05) is 0 Å². The average molecular weight is 402 g/mol. The van der Waals surface area contributed by atoms with Crippen LogP contribution in [0, 0.1) is 0 Å². The van der Waals surface area contributed by atoms with Crippen LogP contribution in [-0.4, -0.2) is 103 Å². The smallest absolute Gasteiger partial charge is 0.104 e. The van der Waals surface area contributed by atoms with Crippen molar-refractivity contribution in [1.82, 2.24) is 0 Å². The van der Waals surface area contributed by atoms with Crippen molar-refractivity contribution in [1.29, 1.82) is 0 Å². The minimum atomic E-state index is 0.0375. The summed E-state index contributed by atoms with van der Waals surface area (Å²) in [7, 11) is 0. The van der Waals surface area contributed by atoms with Gasteiger partial charge in [0.05, 0.1) is 65.1 Å². The van der Waals surface area contributed by atoms with Crippen LogP contribution in [0.2, 0.25) is 0 Å². The van der Waals surface area contributed by atoms with Gasteiger partial charge in [0.2, 0.25) is 0 Å². The minimum Gasteiger partial charge on any atom is -0.379 e. The Kier molecular flexibility index (Phi) is 8.35. The Morgan fingerprint density at radius 1 is 0.571 bits per heavy atom. The van der Waals surface area contributed by atoms with E-state index in [4.69, 9.17) is 37.9 Å². The van der Waals surface area contributed by atoms with Crippen molar-refractivity contribution >= 4 is 0 Å². The number of hydrogen-bond donors (Lipinski definition) is 0. The van der Waals surface area contributed by atoms with Crippen molar-refractivity contribution < 1.29 is 37.9 Å². The first-order valence-corrected chi connectivity index (χ1v) is 10.7. The van der Waals surface area contributed by atoms with Gasteiger partial charge in [-0.05, 0) is 25.7 Å². The molecule has 162 valence electrons. The topological polar surface area (TPSA) is 87.0 Å². The predicted octanol–water partition coefficient (Wildman–Crippen LogP) is 0.946. The molecule has 0 radical (unpaired) electrons. The third kappa shape index (κ3) is 9.00. The van der Waals surface area contributed by atoms with Crippen LogP contribution in [0.4, 0.5) is 0 Å². The van der Waals surface area contributed by atoms with Crippen LogP contribution in [0.3, 0.4) is 0 Å². The maximum atomic E-state index is 6.19. The molecule has 0 saturated carbocycles. The van der Waals surface area contributed by atoms with E-state index in [-0.39, 0.29) is 24.4 Å². The lowest BCUT2D eigenvalue weighted by atomic mass is 10.0. The molecular formula is C20H34O8. The molecule has 8 nitrogen and oxygen atoms in total. The molecule has 0 bridgehead atoms. The monoisotopic (exact) mass is 402 g/mol. The Bertz CT molecular complexity index is 394. The van der Waals surface area contributed by atoms with Gasteiger partial charge in [0, 0.05) is 13.2 Å². The first-order valence-electron chi connectivity index (χ1n) is 10.7. The molecule has 0 aromatic heterocycles. The van der Waals surface area contributed by atoms with Crippen LogP contribution in [0.15, 0.2) is 0 Å². The molecule has 0 amide bonds. The molecule has 4 fully saturated rings. The third-order valence-electron chi connectivity index (χ3n) is 5.18. The summed E-state index contributed by atoms with van der Waals surface area (Å²) in [6.07, 6.45) is 4.91. The molecular weight excluding hydrogens is 368 g/mol. The first-order chi connectivity index (χ1) is 13.9. The normalized spacial score (nSPS) is 32.1. The molecule has 8 heteroatoms. The molecule has 0 spiro atoms. The maximum Gasteiger partial charge on any atom is 0.104 e. The van der Waals surface area contributed by atoms with Crippen LogP contribution in [0.5, 0.6) is 0 Å². The van der Waals surface area contributed by atoms with Gasteiger partial charge in [0.15, 0.2) is 0 Å². The van der Waals surface area contributed by atoms with Gasteiger partial charge in [-0.2, -0.15) is 0 Å². The van der Waals surface area contributed by atoms with Crippen LogP contribution in [0.25, 0.3) is 0 Å². The molecule has 0 aromatic rings. The van der Waals surface area contributed by atoms with Crippen LogP contribution in [-0.2, 0) is 37.9 Å².